The molecule has 0 atom stereocenters. The number of nitro benzene ring substituents is 1. The van der Waals surface area contributed by atoms with Crippen molar-refractivity contribution in [3.05, 3.63) is 86.3 Å². The number of hydrogen-bond donors (Lipinski definition) is 1. The Hall–Kier alpha value is -3.11. The van der Waals surface area contributed by atoms with Gasteiger partial charge in [0.15, 0.2) is 5.16 Å². The van der Waals surface area contributed by atoms with E-state index >= 15 is 0 Å². The molecular formula is C21H18N4O4S2. The first kappa shape index (κ1) is 21.1. The lowest BCUT2D eigenvalue weighted by atomic mass is 10.2. The third-order valence-corrected chi connectivity index (χ3v) is 6.71. The van der Waals surface area contributed by atoms with E-state index in [-0.39, 0.29) is 22.9 Å². The molecule has 1 amide bonds. The number of hydrogen-bond acceptors (Lipinski definition) is 7. The van der Waals surface area contributed by atoms with E-state index in [9.17, 15) is 19.7 Å². The van der Waals surface area contributed by atoms with Crippen molar-refractivity contribution in [1.82, 2.24) is 9.55 Å². The molecule has 1 N–H and O–H groups in total. The molecule has 8 nitrogen and oxygen atoms in total. The average Bonchev–Trinajstić information content (AvgIpc) is 3.24. The largest absolute Gasteiger partial charge is 0.325 e. The standard InChI is InChI=1S/C21H18N4O4S2/c26-18(22-15-6-8-16(9-7-15)25(28)29)13-31-21-23-17-10-11-30-19(17)20(27)24(21)12-14-4-2-1-3-5-14/h1-9H,10-13H2,(H,22,26). The number of anilines is 1. The summed E-state index contributed by atoms with van der Waals surface area (Å²) < 4.78 is 1.62. The fourth-order valence-electron chi connectivity index (χ4n) is 3.13. The second kappa shape index (κ2) is 9.36. The summed E-state index contributed by atoms with van der Waals surface area (Å²) in [6.45, 7) is 0.382. The number of carbonyl (C=O) groups excluding carboxylic acids is 1. The van der Waals surface area contributed by atoms with Gasteiger partial charge in [0, 0.05) is 30.0 Å². The van der Waals surface area contributed by atoms with E-state index in [0.29, 0.717) is 22.3 Å². The summed E-state index contributed by atoms with van der Waals surface area (Å²) >= 11 is 2.73. The number of thioether (sulfide) groups is 2. The predicted molar refractivity (Wildman–Crippen MR) is 121 cm³/mol. The number of non-ortho nitro benzene ring substituents is 1. The number of nitrogens with one attached hydrogen (secondary N) is 1. The topological polar surface area (TPSA) is 107 Å². The summed E-state index contributed by atoms with van der Waals surface area (Å²) in [4.78, 5) is 41.1. The maximum Gasteiger partial charge on any atom is 0.269 e. The summed E-state index contributed by atoms with van der Waals surface area (Å²) in [5, 5.41) is 14.0. The van der Waals surface area contributed by atoms with E-state index in [0.717, 1.165) is 23.4 Å². The number of carbonyl (C=O) groups is 1. The highest BCUT2D eigenvalue weighted by molar-refractivity contribution is 8.00. The van der Waals surface area contributed by atoms with E-state index in [2.05, 4.69) is 10.3 Å². The van der Waals surface area contributed by atoms with Crippen LogP contribution in [0.25, 0.3) is 0 Å². The quantitative estimate of drug-likeness (QED) is 0.252. The normalized spacial score (nSPS) is 12.4. The summed E-state index contributed by atoms with van der Waals surface area (Å²) in [7, 11) is 0. The highest BCUT2D eigenvalue weighted by Crippen LogP contribution is 2.29. The van der Waals surface area contributed by atoms with Gasteiger partial charge in [-0.1, -0.05) is 42.1 Å². The fraction of sp³-hybridized carbons (Fsp3) is 0.190. The van der Waals surface area contributed by atoms with Crippen LogP contribution in [0.2, 0.25) is 0 Å². The lowest BCUT2D eigenvalue weighted by molar-refractivity contribution is -0.384. The Kier molecular flexibility index (Phi) is 6.38. The van der Waals surface area contributed by atoms with Crippen molar-refractivity contribution in [3.63, 3.8) is 0 Å². The molecule has 0 saturated heterocycles. The van der Waals surface area contributed by atoms with Gasteiger partial charge in [-0.25, -0.2) is 4.98 Å². The molecule has 0 fully saturated rings. The van der Waals surface area contributed by atoms with Gasteiger partial charge in [-0.3, -0.25) is 24.3 Å². The highest BCUT2D eigenvalue weighted by atomic mass is 32.2. The van der Waals surface area contributed by atoms with Crippen LogP contribution in [0.4, 0.5) is 11.4 Å². The Labute approximate surface area is 186 Å². The van der Waals surface area contributed by atoms with Gasteiger partial charge in [0.1, 0.15) is 0 Å². The van der Waals surface area contributed by atoms with Crippen LogP contribution in [0.1, 0.15) is 11.3 Å². The molecule has 158 valence electrons. The second-order valence-electron chi connectivity index (χ2n) is 6.79. The van der Waals surface area contributed by atoms with E-state index < -0.39 is 4.92 Å². The van der Waals surface area contributed by atoms with Crippen molar-refractivity contribution in [2.75, 3.05) is 16.8 Å². The zero-order valence-corrected chi connectivity index (χ0v) is 17.9. The molecule has 0 unspecified atom stereocenters. The molecule has 0 radical (unpaired) electrons. The molecule has 0 spiro atoms. The third-order valence-electron chi connectivity index (χ3n) is 4.63. The Balaban J connectivity index is 1.50. The van der Waals surface area contributed by atoms with E-state index in [1.807, 2.05) is 30.3 Å². The summed E-state index contributed by atoms with van der Waals surface area (Å²) in [6.07, 6.45) is 0.740. The maximum absolute atomic E-state index is 13.0. The molecule has 0 aliphatic carbocycles. The molecule has 0 saturated carbocycles. The molecule has 2 heterocycles. The SMILES string of the molecule is O=C(CSc1nc2c(c(=O)n1Cc1ccccc1)SCC2)Nc1ccc([N+](=O)[O-])cc1. The smallest absolute Gasteiger partial charge is 0.269 e. The number of aromatic nitrogens is 2. The molecule has 10 heteroatoms. The van der Waals surface area contributed by atoms with Crippen LogP contribution in [-0.2, 0) is 17.8 Å². The number of nitrogens with zero attached hydrogens (tertiary/aromatic N) is 3. The average molecular weight is 455 g/mol. The molecule has 3 aromatic rings. The minimum absolute atomic E-state index is 0.0440. The highest BCUT2D eigenvalue weighted by Gasteiger charge is 2.22. The van der Waals surface area contributed by atoms with E-state index in [1.165, 1.54) is 47.8 Å². The first-order valence-corrected chi connectivity index (χ1v) is 11.5. The Morgan fingerprint density at radius 3 is 2.65 bits per heavy atom. The molecular weight excluding hydrogens is 436 g/mol. The van der Waals surface area contributed by atoms with Gasteiger partial charge >= 0.3 is 0 Å². The van der Waals surface area contributed by atoms with Crippen LogP contribution >= 0.6 is 23.5 Å². The fourth-order valence-corrected chi connectivity index (χ4v) is 4.99. The van der Waals surface area contributed by atoms with Gasteiger partial charge in [0.25, 0.3) is 11.2 Å². The first-order valence-electron chi connectivity index (χ1n) is 9.49. The van der Waals surface area contributed by atoms with Gasteiger partial charge in [0.05, 0.1) is 27.8 Å². The number of benzene rings is 2. The van der Waals surface area contributed by atoms with Crippen molar-refractivity contribution >= 4 is 40.8 Å². The number of aryl methyl sites for hydroxylation is 1. The van der Waals surface area contributed by atoms with Gasteiger partial charge in [-0.05, 0) is 17.7 Å². The van der Waals surface area contributed by atoms with Crippen LogP contribution in [0.3, 0.4) is 0 Å². The van der Waals surface area contributed by atoms with Crippen LogP contribution < -0.4 is 10.9 Å². The van der Waals surface area contributed by atoms with E-state index in [1.54, 1.807) is 4.57 Å². The minimum Gasteiger partial charge on any atom is -0.325 e. The van der Waals surface area contributed by atoms with Crippen molar-refractivity contribution in [2.24, 2.45) is 0 Å². The minimum atomic E-state index is -0.495. The Bertz CT molecular complexity index is 1180. The molecule has 1 aliphatic rings. The van der Waals surface area contributed by atoms with Crippen LogP contribution in [0.15, 0.2) is 69.4 Å². The molecule has 1 aliphatic heterocycles. The van der Waals surface area contributed by atoms with E-state index in [4.69, 9.17) is 0 Å². The van der Waals surface area contributed by atoms with Gasteiger partial charge in [-0.15, -0.1) is 11.8 Å². The number of rotatable bonds is 7. The monoisotopic (exact) mass is 454 g/mol. The van der Waals surface area contributed by atoms with Gasteiger partial charge < -0.3 is 5.32 Å². The zero-order chi connectivity index (χ0) is 21.8. The summed E-state index contributed by atoms with van der Waals surface area (Å²) in [6, 6.07) is 15.3. The maximum atomic E-state index is 13.0. The Morgan fingerprint density at radius 2 is 1.94 bits per heavy atom. The first-order chi connectivity index (χ1) is 15.0. The van der Waals surface area contributed by atoms with Crippen LogP contribution in [-0.4, -0.2) is 31.9 Å². The predicted octanol–water partition coefficient (Wildman–Crippen LogP) is 3.58. The summed E-state index contributed by atoms with van der Waals surface area (Å²) in [5.74, 6) is 0.608. The van der Waals surface area contributed by atoms with Gasteiger partial charge in [0.2, 0.25) is 5.91 Å². The van der Waals surface area contributed by atoms with Crippen molar-refractivity contribution in [2.45, 2.75) is 23.0 Å². The third kappa shape index (κ3) is 4.97. The molecule has 0 bridgehead atoms. The number of fused-ring (bicyclic) bond motifs is 1. The van der Waals surface area contributed by atoms with Crippen molar-refractivity contribution in [1.29, 1.82) is 0 Å². The van der Waals surface area contributed by atoms with Crippen molar-refractivity contribution in [3.8, 4) is 0 Å². The summed E-state index contributed by atoms with van der Waals surface area (Å²) in [5.41, 5.74) is 2.12. The molecule has 2 aromatic carbocycles. The molecule has 4 rings (SSSR count). The molecule has 31 heavy (non-hydrogen) atoms. The van der Waals surface area contributed by atoms with Crippen molar-refractivity contribution < 1.29 is 9.72 Å². The second-order valence-corrected chi connectivity index (χ2v) is 8.83. The lowest BCUT2D eigenvalue weighted by Gasteiger charge is -2.14. The Morgan fingerprint density at radius 1 is 1.19 bits per heavy atom. The van der Waals surface area contributed by atoms with Gasteiger partial charge in [-0.2, -0.15) is 0 Å². The number of amides is 1. The number of nitro groups is 1. The van der Waals surface area contributed by atoms with Crippen LogP contribution in [0.5, 0.6) is 0 Å². The lowest BCUT2D eigenvalue weighted by Crippen LogP contribution is -2.26. The zero-order valence-electron chi connectivity index (χ0n) is 16.3. The van der Waals surface area contributed by atoms with Crippen LogP contribution in [0, 0.1) is 10.1 Å². The molecule has 1 aromatic heterocycles.